The van der Waals surface area contributed by atoms with E-state index in [9.17, 15) is 0 Å². The minimum Gasteiger partial charge on any atom is -0.0991 e. The van der Waals surface area contributed by atoms with Crippen LogP contribution in [0.1, 0.15) is 5.56 Å². The lowest BCUT2D eigenvalue weighted by atomic mass is 9.99. The highest BCUT2D eigenvalue weighted by atomic mass is 14.0. The zero-order valence-electron chi connectivity index (χ0n) is 9.14. The van der Waals surface area contributed by atoms with Crippen molar-refractivity contribution < 1.29 is 0 Å². The highest BCUT2D eigenvalue weighted by molar-refractivity contribution is 5.75. The van der Waals surface area contributed by atoms with Crippen LogP contribution in [0.5, 0.6) is 0 Å². The summed E-state index contributed by atoms with van der Waals surface area (Å²) in [6.07, 6.45) is 5.83. The number of allylic oxidation sites excluding steroid dienone is 2. The lowest BCUT2D eigenvalue weighted by Gasteiger charge is -2.05. The Morgan fingerprint density at radius 1 is 0.812 bits per heavy atom. The highest BCUT2D eigenvalue weighted by Crippen LogP contribution is 2.24. The second kappa shape index (κ2) is 5.13. The monoisotopic (exact) mass is 206 g/mol. The van der Waals surface area contributed by atoms with Gasteiger partial charge in [-0.05, 0) is 16.7 Å². The minimum absolute atomic E-state index is 1.22. The molecule has 2 aromatic rings. The number of rotatable bonds is 3. The summed E-state index contributed by atoms with van der Waals surface area (Å²) in [7, 11) is 0. The van der Waals surface area contributed by atoms with Crippen molar-refractivity contribution in [1.82, 2.24) is 0 Å². The lowest BCUT2D eigenvalue weighted by Crippen LogP contribution is -1.81. The quantitative estimate of drug-likeness (QED) is 0.646. The summed E-state index contributed by atoms with van der Waals surface area (Å²) in [5.41, 5.74) is 3.71. The van der Waals surface area contributed by atoms with Crippen molar-refractivity contribution in [2.45, 2.75) is 0 Å². The van der Waals surface area contributed by atoms with Crippen LogP contribution in [0.4, 0.5) is 0 Å². The molecule has 0 spiro atoms. The highest BCUT2D eigenvalue weighted by Gasteiger charge is 1.99. The van der Waals surface area contributed by atoms with Gasteiger partial charge in [0.1, 0.15) is 0 Å². The maximum Gasteiger partial charge on any atom is -0.0111 e. The first-order valence-corrected chi connectivity index (χ1v) is 5.35. The van der Waals surface area contributed by atoms with Crippen molar-refractivity contribution >= 4 is 6.08 Å². The van der Waals surface area contributed by atoms with E-state index in [1.54, 1.807) is 6.08 Å². The molecule has 0 fully saturated rings. The van der Waals surface area contributed by atoms with E-state index in [4.69, 9.17) is 0 Å². The third-order valence-electron chi connectivity index (χ3n) is 2.46. The number of benzene rings is 2. The molecule has 0 heteroatoms. The Labute approximate surface area is 96.6 Å². The maximum atomic E-state index is 3.69. The van der Waals surface area contributed by atoms with Gasteiger partial charge in [0, 0.05) is 0 Å². The van der Waals surface area contributed by atoms with E-state index in [1.165, 1.54) is 16.7 Å². The molecular weight excluding hydrogens is 192 g/mol. The van der Waals surface area contributed by atoms with Gasteiger partial charge in [0.05, 0.1) is 0 Å². The van der Waals surface area contributed by atoms with Gasteiger partial charge in [0.25, 0.3) is 0 Å². The molecule has 0 aliphatic carbocycles. The van der Waals surface area contributed by atoms with Crippen molar-refractivity contribution in [2.75, 3.05) is 0 Å². The maximum absolute atomic E-state index is 3.69. The molecule has 2 aromatic carbocycles. The third-order valence-corrected chi connectivity index (χ3v) is 2.46. The Balaban J connectivity index is 2.48. The molecule has 0 saturated carbocycles. The van der Waals surface area contributed by atoms with Gasteiger partial charge in [-0.25, -0.2) is 0 Å². The van der Waals surface area contributed by atoms with E-state index in [0.717, 1.165) is 0 Å². The Morgan fingerprint density at radius 2 is 1.50 bits per heavy atom. The van der Waals surface area contributed by atoms with Gasteiger partial charge >= 0.3 is 0 Å². The van der Waals surface area contributed by atoms with Crippen LogP contribution in [0.15, 0.2) is 73.3 Å². The fraction of sp³-hybridized carbons (Fsp3) is 0. The predicted octanol–water partition coefficient (Wildman–Crippen LogP) is 4.55. The largest absolute Gasteiger partial charge is 0.0991 e. The lowest BCUT2D eigenvalue weighted by molar-refractivity contribution is 1.59. The molecule has 0 bridgehead atoms. The van der Waals surface area contributed by atoms with E-state index >= 15 is 0 Å². The molecule has 0 saturated heterocycles. The zero-order valence-corrected chi connectivity index (χ0v) is 9.14. The van der Waals surface area contributed by atoms with Crippen LogP contribution in [0.3, 0.4) is 0 Å². The zero-order chi connectivity index (χ0) is 11.2. The van der Waals surface area contributed by atoms with Crippen LogP contribution in [0.2, 0.25) is 0 Å². The van der Waals surface area contributed by atoms with Gasteiger partial charge < -0.3 is 0 Å². The first-order chi connectivity index (χ1) is 7.92. The molecule has 0 nitrogen and oxygen atoms in total. The Hall–Kier alpha value is -2.08. The van der Waals surface area contributed by atoms with E-state index in [-0.39, 0.29) is 0 Å². The van der Waals surface area contributed by atoms with Crippen LogP contribution >= 0.6 is 0 Å². The topological polar surface area (TPSA) is 0 Å². The number of hydrogen-bond donors (Lipinski definition) is 0. The Kier molecular flexibility index (Phi) is 3.35. The second-order valence-electron chi connectivity index (χ2n) is 3.55. The summed E-state index contributed by atoms with van der Waals surface area (Å²) >= 11 is 0. The summed E-state index contributed by atoms with van der Waals surface area (Å²) in [6.45, 7) is 3.69. The van der Waals surface area contributed by atoms with Gasteiger partial charge in [0.15, 0.2) is 0 Å². The smallest absolute Gasteiger partial charge is 0.0111 e. The van der Waals surface area contributed by atoms with Gasteiger partial charge in [-0.3, -0.25) is 0 Å². The van der Waals surface area contributed by atoms with E-state index in [0.29, 0.717) is 0 Å². The molecule has 0 aliphatic rings. The molecule has 2 rings (SSSR count). The average Bonchev–Trinajstić information content (AvgIpc) is 2.38. The van der Waals surface area contributed by atoms with Crippen molar-refractivity contribution in [1.29, 1.82) is 0 Å². The molecule has 0 unspecified atom stereocenters. The molecule has 0 heterocycles. The molecule has 78 valence electrons. The van der Waals surface area contributed by atoms with Crippen LogP contribution in [-0.2, 0) is 0 Å². The normalized spacial score (nSPS) is 10.5. The van der Waals surface area contributed by atoms with Crippen molar-refractivity contribution in [3.8, 4) is 11.1 Å². The fourth-order valence-corrected chi connectivity index (χ4v) is 1.69. The average molecular weight is 206 g/mol. The standard InChI is InChI=1S/C16H14/c1-2-3-9-14-12-7-8-13-16(14)15-10-5-4-6-11-15/h2-13H,1H2/b9-3+. The number of hydrogen-bond acceptors (Lipinski definition) is 0. The third kappa shape index (κ3) is 2.29. The van der Waals surface area contributed by atoms with Crippen LogP contribution < -0.4 is 0 Å². The summed E-state index contributed by atoms with van der Waals surface area (Å²) in [5.74, 6) is 0. The van der Waals surface area contributed by atoms with Gasteiger partial charge in [0.2, 0.25) is 0 Å². The van der Waals surface area contributed by atoms with Gasteiger partial charge in [-0.15, -0.1) is 0 Å². The van der Waals surface area contributed by atoms with Gasteiger partial charge in [-0.1, -0.05) is 79.4 Å². The minimum atomic E-state index is 1.22. The van der Waals surface area contributed by atoms with E-state index < -0.39 is 0 Å². The second-order valence-corrected chi connectivity index (χ2v) is 3.55. The summed E-state index contributed by atoms with van der Waals surface area (Å²) in [4.78, 5) is 0. The molecule has 16 heavy (non-hydrogen) atoms. The van der Waals surface area contributed by atoms with Crippen LogP contribution in [-0.4, -0.2) is 0 Å². The molecule has 0 aliphatic heterocycles. The van der Waals surface area contributed by atoms with Crippen molar-refractivity contribution in [2.24, 2.45) is 0 Å². The molecule has 0 amide bonds. The Bertz CT molecular complexity index is 492. The van der Waals surface area contributed by atoms with Crippen LogP contribution in [0.25, 0.3) is 17.2 Å². The Morgan fingerprint density at radius 3 is 2.25 bits per heavy atom. The predicted molar refractivity (Wildman–Crippen MR) is 71.1 cm³/mol. The molecule has 0 N–H and O–H groups in total. The van der Waals surface area contributed by atoms with Gasteiger partial charge in [-0.2, -0.15) is 0 Å². The van der Waals surface area contributed by atoms with E-state index in [2.05, 4.69) is 61.2 Å². The summed E-state index contributed by atoms with van der Waals surface area (Å²) in [6, 6.07) is 18.8. The molecule has 0 aromatic heterocycles. The van der Waals surface area contributed by atoms with E-state index in [1.807, 2.05) is 12.1 Å². The van der Waals surface area contributed by atoms with Crippen LogP contribution in [0, 0.1) is 0 Å². The SMILES string of the molecule is C=C/C=C/c1ccccc1-c1ccccc1. The fourth-order valence-electron chi connectivity index (χ4n) is 1.69. The molecular formula is C16H14. The van der Waals surface area contributed by atoms with Crippen molar-refractivity contribution in [3.63, 3.8) is 0 Å². The van der Waals surface area contributed by atoms with Crippen molar-refractivity contribution in [3.05, 3.63) is 78.9 Å². The first kappa shape index (κ1) is 10.4. The summed E-state index contributed by atoms with van der Waals surface area (Å²) < 4.78 is 0. The molecule has 0 radical (unpaired) electrons. The molecule has 0 atom stereocenters. The first-order valence-electron chi connectivity index (χ1n) is 5.35. The summed E-state index contributed by atoms with van der Waals surface area (Å²) in [5, 5.41) is 0.